The molecule has 0 saturated carbocycles. The third-order valence-corrected chi connectivity index (χ3v) is 4.44. The maximum Gasteiger partial charge on any atom is 0.119 e. The van der Waals surface area contributed by atoms with Crippen LogP contribution in [-0.4, -0.2) is 25.6 Å². The van der Waals surface area contributed by atoms with E-state index in [2.05, 4.69) is 6.92 Å². The molecule has 2 aromatic rings. The molecule has 2 nitrogen and oxygen atoms in total. The number of halogens is 1. The monoisotopic (exact) mass is 352 g/mol. The van der Waals surface area contributed by atoms with Crippen molar-refractivity contribution in [1.29, 1.82) is 0 Å². The maximum atomic E-state index is 5.88. The fourth-order valence-corrected chi connectivity index (χ4v) is 2.79. The zero-order valence-electron chi connectivity index (χ0n) is 14.2. The summed E-state index contributed by atoms with van der Waals surface area (Å²) in [6.45, 7) is 6.60. The number of benzene rings is 2. The standard InChI is InChI=1S/C17H19ClO2S.C2H6/c1-13-3-7-15(8-4-13)20-11-16(19-2)12-21-17-9-5-14(18)6-10-17;1-2/h3-10,16H,11-12H2,1-2H3;1-2H3. The highest BCUT2D eigenvalue weighted by atomic mass is 35.5. The quantitative estimate of drug-likeness (QED) is 0.581. The highest BCUT2D eigenvalue weighted by Crippen LogP contribution is 2.22. The van der Waals surface area contributed by atoms with Gasteiger partial charge in [0.05, 0.1) is 0 Å². The van der Waals surface area contributed by atoms with Gasteiger partial charge in [-0.1, -0.05) is 43.1 Å². The molecule has 0 radical (unpaired) electrons. The van der Waals surface area contributed by atoms with Crippen LogP contribution in [0.4, 0.5) is 0 Å². The van der Waals surface area contributed by atoms with Crippen LogP contribution in [0.5, 0.6) is 5.75 Å². The van der Waals surface area contributed by atoms with E-state index in [1.807, 2.05) is 62.4 Å². The van der Waals surface area contributed by atoms with Crippen molar-refractivity contribution in [2.75, 3.05) is 19.5 Å². The lowest BCUT2D eigenvalue weighted by atomic mass is 10.2. The summed E-state index contributed by atoms with van der Waals surface area (Å²) in [4.78, 5) is 1.18. The molecular formula is C19H25ClO2S. The van der Waals surface area contributed by atoms with Crippen molar-refractivity contribution in [2.45, 2.75) is 31.8 Å². The van der Waals surface area contributed by atoms with Crippen molar-refractivity contribution in [1.82, 2.24) is 0 Å². The van der Waals surface area contributed by atoms with Crippen LogP contribution in [0.25, 0.3) is 0 Å². The third-order valence-electron chi connectivity index (χ3n) is 3.04. The summed E-state index contributed by atoms with van der Waals surface area (Å²) in [5.41, 5.74) is 1.23. The maximum absolute atomic E-state index is 5.88. The van der Waals surface area contributed by atoms with Crippen LogP contribution in [0.15, 0.2) is 53.4 Å². The minimum Gasteiger partial charge on any atom is -0.491 e. The molecule has 1 unspecified atom stereocenters. The largest absolute Gasteiger partial charge is 0.491 e. The van der Waals surface area contributed by atoms with E-state index in [4.69, 9.17) is 21.1 Å². The Kier molecular flexibility index (Phi) is 9.85. The van der Waals surface area contributed by atoms with Gasteiger partial charge in [0.15, 0.2) is 0 Å². The van der Waals surface area contributed by atoms with Crippen molar-refractivity contribution in [3.8, 4) is 5.75 Å². The fraction of sp³-hybridized carbons (Fsp3) is 0.368. The average Bonchev–Trinajstić information content (AvgIpc) is 2.60. The number of thioether (sulfide) groups is 1. The van der Waals surface area contributed by atoms with Gasteiger partial charge >= 0.3 is 0 Å². The smallest absolute Gasteiger partial charge is 0.119 e. The lowest BCUT2D eigenvalue weighted by molar-refractivity contribution is 0.0750. The zero-order chi connectivity index (χ0) is 17.1. The van der Waals surface area contributed by atoms with Crippen molar-refractivity contribution >= 4 is 23.4 Å². The summed E-state index contributed by atoms with van der Waals surface area (Å²) in [5, 5.41) is 0.755. The Bertz CT molecular complexity index is 491. The van der Waals surface area contributed by atoms with Gasteiger partial charge in [0.2, 0.25) is 0 Å². The van der Waals surface area contributed by atoms with Crippen molar-refractivity contribution in [3.63, 3.8) is 0 Å². The van der Waals surface area contributed by atoms with Crippen molar-refractivity contribution < 1.29 is 9.47 Å². The highest BCUT2D eigenvalue weighted by Gasteiger charge is 2.09. The molecule has 126 valence electrons. The molecule has 0 amide bonds. The van der Waals surface area contributed by atoms with E-state index < -0.39 is 0 Å². The van der Waals surface area contributed by atoms with Crippen LogP contribution < -0.4 is 4.74 Å². The lowest BCUT2D eigenvalue weighted by Crippen LogP contribution is -2.22. The van der Waals surface area contributed by atoms with Crippen LogP contribution in [0.1, 0.15) is 19.4 Å². The minimum absolute atomic E-state index is 0.0481. The Morgan fingerprint density at radius 2 is 1.61 bits per heavy atom. The van der Waals surface area contributed by atoms with E-state index in [1.54, 1.807) is 18.9 Å². The Balaban J connectivity index is 0.00000127. The molecule has 0 fully saturated rings. The van der Waals surface area contributed by atoms with E-state index in [0.717, 1.165) is 16.5 Å². The number of hydrogen-bond donors (Lipinski definition) is 0. The summed E-state index contributed by atoms with van der Waals surface area (Å²) < 4.78 is 11.2. The normalized spacial score (nSPS) is 11.3. The Morgan fingerprint density at radius 1 is 1.00 bits per heavy atom. The van der Waals surface area contributed by atoms with Gasteiger partial charge in [-0.15, -0.1) is 11.8 Å². The Morgan fingerprint density at radius 3 is 2.17 bits per heavy atom. The molecule has 0 bridgehead atoms. The van der Waals surface area contributed by atoms with Gasteiger partial charge in [-0.25, -0.2) is 0 Å². The number of rotatable bonds is 7. The van der Waals surface area contributed by atoms with E-state index >= 15 is 0 Å². The highest BCUT2D eigenvalue weighted by molar-refractivity contribution is 7.99. The molecule has 0 N–H and O–H groups in total. The van der Waals surface area contributed by atoms with Crippen LogP contribution in [-0.2, 0) is 4.74 Å². The minimum atomic E-state index is 0.0481. The third kappa shape index (κ3) is 7.78. The number of aryl methyl sites for hydroxylation is 1. The van der Waals surface area contributed by atoms with Crippen LogP contribution in [0.3, 0.4) is 0 Å². The van der Waals surface area contributed by atoms with Crippen molar-refractivity contribution in [3.05, 3.63) is 59.1 Å². The molecule has 2 aromatic carbocycles. The number of hydrogen-bond acceptors (Lipinski definition) is 3. The van der Waals surface area contributed by atoms with Crippen LogP contribution in [0, 0.1) is 6.92 Å². The topological polar surface area (TPSA) is 18.5 Å². The first-order chi connectivity index (χ1) is 11.2. The molecule has 0 aliphatic carbocycles. The lowest BCUT2D eigenvalue weighted by Gasteiger charge is -2.16. The molecule has 0 aromatic heterocycles. The Hall–Kier alpha value is -1.16. The summed E-state index contributed by atoms with van der Waals surface area (Å²) >= 11 is 7.61. The first-order valence-corrected chi connectivity index (χ1v) is 9.14. The van der Waals surface area contributed by atoms with Gasteiger partial charge in [0, 0.05) is 22.8 Å². The van der Waals surface area contributed by atoms with Crippen LogP contribution in [0.2, 0.25) is 5.02 Å². The number of ether oxygens (including phenoxy) is 2. The SMILES string of the molecule is CC.COC(COc1ccc(C)cc1)CSc1ccc(Cl)cc1. The first kappa shape index (κ1) is 19.9. The molecule has 2 rings (SSSR count). The molecular weight excluding hydrogens is 328 g/mol. The molecule has 1 atom stereocenters. The van der Waals surface area contributed by atoms with Crippen LogP contribution >= 0.6 is 23.4 Å². The van der Waals surface area contributed by atoms with Gasteiger partial charge in [0.1, 0.15) is 18.5 Å². The molecule has 0 saturated heterocycles. The fourth-order valence-electron chi connectivity index (χ4n) is 1.73. The summed E-state index contributed by atoms with van der Waals surface area (Å²) in [5.74, 6) is 1.71. The summed E-state index contributed by atoms with van der Waals surface area (Å²) in [6.07, 6.45) is 0.0481. The molecule has 0 aliphatic rings. The molecule has 0 spiro atoms. The average molecular weight is 353 g/mol. The van der Waals surface area contributed by atoms with E-state index in [-0.39, 0.29) is 6.10 Å². The van der Waals surface area contributed by atoms with E-state index in [9.17, 15) is 0 Å². The van der Waals surface area contributed by atoms with E-state index in [1.165, 1.54) is 10.5 Å². The molecule has 0 aliphatic heterocycles. The predicted molar refractivity (Wildman–Crippen MR) is 101 cm³/mol. The predicted octanol–water partition coefficient (Wildman–Crippen LogP) is 5.86. The van der Waals surface area contributed by atoms with Gasteiger partial charge in [0.25, 0.3) is 0 Å². The summed E-state index contributed by atoms with van der Waals surface area (Å²) in [6, 6.07) is 15.9. The molecule has 4 heteroatoms. The zero-order valence-corrected chi connectivity index (χ0v) is 15.8. The molecule has 0 heterocycles. The second kappa shape index (κ2) is 11.4. The Labute approximate surface area is 149 Å². The number of methoxy groups -OCH3 is 1. The summed E-state index contributed by atoms with van der Waals surface area (Å²) in [7, 11) is 1.71. The molecule has 23 heavy (non-hydrogen) atoms. The second-order valence-electron chi connectivity index (χ2n) is 4.75. The van der Waals surface area contributed by atoms with E-state index in [0.29, 0.717) is 6.61 Å². The van der Waals surface area contributed by atoms with Gasteiger partial charge < -0.3 is 9.47 Å². The second-order valence-corrected chi connectivity index (χ2v) is 6.28. The van der Waals surface area contributed by atoms with Gasteiger partial charge in [-0.05, 0) is 43.3 Å². The van der Waals surface area contributed by atoms with Gasteiger partial charge in [-0.3, -0.25) is 0 Å². The first-order valence-electron chi connectivity index (χ1n) is 7.78. The van der Waals surface area contributed by atoms with Gasteiger partial charge in [-0.2, -0.15) is 0 Å². The van der Waals surface area contributed by atoms with Crippen molar-refractivity contribution in [2.24, 2.45) is 0 Å².